The van der Waals surface area contributed by atoms with E-state index in [1.807, 2.05) is 19.9 Å². The largest absolute Gasteiger partial charge is 0.324 e. The number of amidine groups is 2. The molecule has 0 spiro atoms. The fourth-order valence-electron chi connectivity index (χ4n) is 6.73. The Hall–Kier alpha value is -5.94. The molecule has 0 amide bonds. The molecule has 228 valence electrons. The van der Waals surface area contributed by atoms with Gasteiger partial charge in [-0.3, -0.25) is 4.57 Å². The van der Waals surface area contributed by atoms with E-state index in [-0.39, 0.29) is 0 Å². The van der Waals surface area contributed by atoms with Crippen LogP contribution >= 0.6 is 0 Å². The highest BCUT2D eigenvalue weighted by Gasteiger charge is 2.26. The molecule has 5 aromatic carbocycles. The molecule has 5 nitrogen and oxygen atoms in total. The van der Waals surface area contributed by atoms with Crippen molar-refractivity contribution in [2.24, 2.45) is 9.98 Å². The lowest BCUT2D eigenvalue weighted by molar-refractivity contribution is 0.575. The van der Waals surface area contributed by atoms with Crippen LogP contribution in [0.3, 0.4) is 0 Å². The molecule has 1 aliphatic heterocycles. The Kier molecular flexibility index (Phi) is 6.95. The van der Waals surface area contributed by atoms with E-state index in [2.05, 4.69) is 155 Å². The maximum atomic E-state index is 5.30. The maximum absolute atomic E-state index is 5.30. The van der Waals surface area contributed by atoms with Crippen LogP contribution in [-0.4, -0.2) is 20.8 Å². The monoisotopic (exact) mass is 609 g/mol. The van der Waals surface area contributed by atoms with Crippen LogP contribution in [0.5, 0.6) is 0 Å². The van der Waals surface area contributed by atoms with Crippen LogP contribution in [0.4, 0.5) is 0 Å². The molecule has 2 aromatic heterocycles. The number of allylic oxidation sites excluding steroid dienone is 3. The zero-order chi connectivity index (χ0) is 32.1. The zero-order valence-electron chi connectivity index (χ0n) is 26.8. The van der Waals surface area contributed by atoms with Crippen LogP contribution < -0.4 is 5.32 Å². The van der Waals surface area contributed by atoms with Gasteiger partial charge in [0.1, 0.15) is 11.7 Å². The molecule has 7 aromatic rings. The van der Waals surface area contributed by atoms with E-state index in [1.54, 1.807) is 0 Å². The van der Waals surface area contributed by atoms with Gasteiger partial charge in [-0.1, -0.05) is 121 Å². The Morgan fingerprint density at radius 1 is 0.723 bits per heavy atom. The summed E-state index contributed by atoms with van der Waals surface area (Å²) in [5.41, 5.74) is 9.84. The van der Waals surface area contributed by atoms with Crippen molar-refractivity contribution in [2.75, 3.05) is 0 Å². The summed E-state index contributed by atoms with van der Waals surface area (Å²) >= 11 is 0. The van der Waals surface area contributed by atoms with Crippen molar-refractivity contribution in [1.29, 1.82) is 0 Å². The Morgan fingerprint density at radius 2 is 1.43 bits per heavy atom. The van der Waals surface area contributed by atoms with Gasteiger partial charge >= 0.3 is 0 Å². The van der Waals surface area contributed by atoms with Crippen LogP contribution in [0.25, 0.3) is 49.3 Å². The van der Waals surface area contributed by atoms with E-state index in [0.29, 0.717) is 0 Å². The second-order valence-corrected chi connectivity index (χ2v) is 12.1. The number of benzene rings is 5. The van der Waals surface area contributed by atoms with Gasteiger partial charge in [0.05, 0.1) is 22.1 Å². The summed E-state index contributed by atoms with van der Waals surface area (Å²) < 4.78 is 4.70. The SMILES string of the molecule is C=C(C)/C=C\C(=C/C)C1=NC(n2c3ccccc3c3c4c(ccc32)c2ccccc2n4-c2ccccc2)N=C(c2ccc(C)cc2)N1. The second kappa shape index (κ2) is 11.5. The average molecular weight is 610 g/mol. The maximum Gasteiger partial charge on any atom is 0.224 e. The summed E-state index contributed by atoms with van der Waals surface area (Å²) in [7, 11) is 0. The lowest BCUT2D eigenvalue weighted by Crippen LogP contribution is -2.37. The number of hydrogen-bond donors (Lipinski definition) is 1. The molecule has 5 heteroatoms. The van der Waals surface area contributed by atoms with Gasteiger partial charge in [0.15, 0.2) is 0 Å². The predicted molar refractivity (Wildman–Crippen MR) is 199 cm³/mol. The standard InChI is InChI=1S/C42H35N5/c1-5-29(22-19-27(2)3)40-43-41(30-23-20-28(4)21-24-30)45-42(44-40)47-36-18-12-10-16-34(36)38-37(47)26-25-33-32-15-9-11-17-35(32)46(39(33)38)31-13-7-6-8-14-31/h5-26,42H,2H2,1,3-4H3,(H,43,44,45)/b22-19-,29-5+. The molecule has 0 aliphatic carbocycles. The number of hydrogen-bond acceptors (Lipinski definition) is 3. The highest BCUT2D eigenvalue weighted by atomic mass is 15.3. The van der Waals surface area contributed by atoms with Crippen molar-refractivity contribution in [2.45, 2.75) is 27.1 Å². The first-order valence-corrected chi connectivity index (χ1v) is 16.0. The van der Waals surface area contributed by atoms with Crippen molar-refractivity contribution in [1.82, 2.24) is 14.5 Å². The Bertz CT molecular complexity index is 2470. The fourth-order valence-corrected chi connectivity index (χ4v) is 6.73. The van der Waals surface area contributed by atoms with E-state index in [4.69, 9.17) is 9.98 Å². The fraction of sp³-hybridized carbons (Fsp3) is 0.0952. The van der Waals surface area contributed by atoms with Crippen LogP contribution in [0.2, 0.25) is 0 Å². The van der Waals surface area contributed by atoms with E-state index in [0.717, 1.165) is 45.1 Å². The smallest absolute Gasteiger partial charge is 0.224 e. The second-order valence-electron chi connectivity index (χ2n) is 12.1. The molecular weight excluding hydrogens is 574 g/mol. The van der Waals surface area contributed by atoms with Gasteiger partial charge < -0.3 is 9.88 Å². The molecular formula is C42H35N5. The van der Waals surface area contributed by atoms with Gasteiger partial charge in [-0.25, -0.2) is 9.98 Å². The van der Waals surface area contributed by atoms with Gasteiger partial charge in [-0.05, 0) is 51.1 Å². The molecule has 3 heterocycles. The third-order valence-electron chi connectivity index (χ3n) is 8.94. The van der Waals surface area contributed by atoms with E-state index >= 15 is 0 Å². The van der Waals surface area contributed by atoms with E-state index in [1.165, 1.54) is 38.1 Å². The van der Waals surface area contributed by atoms with Crippen molar-refractivity contribution >= 4 is 55.3 Å². The first kappa shape index (κ1) is 28.5. The van der Waals surface area contributed by atoms with Gasteiger partial charge in [0, 0.05) is 38.4 Å². The van der Waals surface area contributed by atoms with Gasteiger partial charge in [-0.15, -0.1) is 0 Å². The number of rotatable bonds is 6. The van der Waals surface area contributed by atoms with Crippen LogP contribution in [0, 0.1) is 6.92 Å². The predicted octanol–water partition coefficient (Wildman–Crippen LogP) is 10.2. The molecule has 8 rings (SSSR count). The molecule has 0 saturated carbocycles. The molecule has 0 radical (unpaired) electrons. The number of nitrogens with one attached hydrogen (secondary N) is 1. The summed E-state index contributed by atoms with van der Waals surface area (Å²) in [4.78, 5) is 10.6. The van der Waals surface area contributed by atoms with Crippen molar-refractivity contribution in [3.05, 3.63) is 162 Å². The molecule has 0 fully saturated rings. The number of fused-ring (bicyclic) bond motifs is 7. The summed E-state index contributed by atoms with van der Waals surface area (Å²) in [5.74, 6) is 1.56. The van der Waals surface area contributed by atoms with Crippen LogP contribution in [0.15, 0.2) is 161 Å². The van der Waals surface area contributed by atoms with Gasteiger partial charge in [0.25, 0.3) is 0 Å². The summed E-state index contributed by atoms with van der Waals surface area (Å²) in [6.45, 7) is 10.2. The van der Waals surface area contributed by atoms with Crippen molar-refractivity contribution < 1.29 is 0 Å². The first-order chi connectivity index (χ1) is 23.0. The molecule has 1 aliphatic rings. The number of aryl methyl sites for hydroxylation is 1. The Morgan fingerprint density at radius 3 is 2.17 bits per heavy atom. The van der Waals surface area contributed by atoms with Crippen LogP contribution in [0.1, 0.15) is 31.3 Å². The molecule has 47 heavy (non-hydrogen) atoms. The lowest BCUT2D eigenvalue weighted by atomic mass is 10.1. The third-order valence-corrected chi connectivity index (χ3v) is 8.94. The number of para-hydroxylation sites is 3. The summed E-state index contributed by atoms with van der Waals surface area (Å²) in [5, 5.41) is 8.37. The highest BCUT2D eigenvalue weighted by molar-refractivity contribution is 6.26. The highest BCUT2D eigenvalue weighted by Crippen LogP contribution is 2.42. The van der Waals surface area contributed by atoms with Crippen molar-refractivity contribution in [3.63, 3.8) is 0 Å². The van der Waals surface area contributed by atoms with E-state index < -0.39 is 6.29 Å². The first-order valence-electron chi connectivity index (χ1n) is 16.0. The third kappa shape index (κ3) is 4.79. The summed E-state index contributed by atoms with van der Waals surface area (Å²) in [6, 6.07) is 41.0. The minimum atomic E-state index is -0.537. The quantitative estimate of drug-likeness (QED) is 0.187. The Labute approximate surface area is 274 Å². The lowest BCUT2D eigenvalue weighted by Gasteiger charge is -2.24. The topological polar surface area (TPSA) is 46.6 Å². The number of aromatic nitrogens is 2. The summed E-state index contributed by atoms with van der Waals surface area (Å²) in [6.07, 6.45) is 5.63. The number of aliphatic imine (C=N–C) groups is 2. The minimum absolute atomic E-state index is 0.537. The average Bonchev–Trinajstić information content (AvgIpc) is 3.62. The molecule has 1 N–H and O–H groups in total. The molecule has 1 unspecified atom stereocenters. The van der Waals surface area contributed by atoms with Crippen molar-refractivity contribution in [3.8, 4) is 5.69 Å². The van der Waals surface area contributed by atoms with Crippen LogP contribution in [-0.2, 0) is 0 Å². The van der Waals surface area contributed by atoms with Gasteiger partial charge in [0.2, 0.25) is 6.29 Å². The normalized spacial score (nSPS) is 15.5. The van der Waals surface area contributed by atoms with Gasteiger partial charge in [-0.2, -0.15) is 0 Å². The number of nitrogens with zero attached hydrogens (tertiary/aromatic N) is 4. The molecule has 1 atom stereocenters. The van der Waals surface area contributed by atoms with E-state index in [9.17, 15) is 0 Å². The zero-order valence-corrected chi connectivity index (χ0v) is 26.8. The minimum Gasteiger partial charge on any atom is -0.324 e. The molecule has 0 saturated heterocycles. The molecule has 0 bridgehead atoms. The Balaban J connectivity index is 1.45.